The first-order valence-electron chi connectivity index (χ1n) is 11.4. The minimum Gasteiger partial charge on any atom is -0.384 e. The molecular formula is C25H32FN3O3. The number of aromatic nitrogens is 1. The number of likely N-dealkylation sites (tertiary alicyclic amines) is 1. The zero-order valence-electron chi connectivity index (χ0n) is 19.2. The highest BCUT2D eigenvalue weighted by Crippen LogP contribution is 2.47. The fraction of sp³-hybridized carbons (Fsp3) is 0.560. The van der Waals surface area contributed by atoms with Crippen LogP contribution in [0.5, 0.6) is 0 Å². The fourth-order valence-electron chi connectivity index (χ4n) is 5.30. The number of carbonyl (C=O) groups is 2. The number of aliphatic hydroxyl groups is 1. The number of pyridine rings is 1. The van der Waals surface area contributed by atoms with Gasteiger partial charge in [-0.05, 0) is 36.5 Å². The number of hydrogen-bond donors (Lipinski definition) is 2. The number of halogens is 1. The topological polar surface area (TPSA) is 82.5 Å². The average Bonchev–Trinajstić information content (AvgIpc) is 2.70. The van der Waals surface area contributed by atoms with Gasteiger partial charge in [0, 0.05) is 48.6 Å². The Morgan fingerprint density at radius 3 is 2.72 bits per heavy atom. The van der Waals surface area contributed by atoms with E-state index in [4.69, 9.17) is 0 Å². The monoisotopic (exact) mass is 441 g/mol. The number of benzene rings is 1. The maximum atomic E-state index is 15.9. The van der Waals surface area contributed by atoms with Crippen molar-refractivity contribution in [3.63, 3.8) is 0 Å². The Morgan fingerprint density at radius 2 is 2.06 bits per heavy atom. The molecule has 0 spiro atoms. The van der Waals surface area contributed by atoms with Crippen molar-refractivity contribution in [3.05, 3.63) is 41.3 Å². The first kappa shape index (κ1) is 22.8. The quantitative estimate of drug-likeness (QED) is 0.710. The lowest BCUT2D eigenvalue weighted by Crippen LogP contribution is -2.56. The van der Waals surface area contributed by atoms with E-state index in [1.165, 1.54) is 0 Å². The molecule has 1 aromatic heterocycles. The Bertz CT molecular complexity index is 1070. The van der Waals surface area contributed by atoms with Crippen LogP contribution in [0.25, 0.3) is 10.9 Å². The Labute approximate surface area is 188 Å². The molecule has 1 aromatic carbocycles. The first-order valence-corrected chi connectivity index (χ1v) is 11.4. The van der Waals surface area contributed by atoms with Crippen molar-refractivity contribution in [3.8, 4) is 0 Å². The SMILES string of the molecule is CC(C)CN1CC[C@](O)(c2ccc3ncc(C4CCC(=O)NC4=O)cc3c2F)C(C)(C)C1. The second-order valence-electron chi connectivity index (χ2n) is 10.4. The molecule has 2 aromatic rings. The molecular weight excluding hydrogens is 409 g/mol. The van der Waals surface area contributed by atoms with Gasteiger partial charge in [-0.15, -0.1) is 0 Å². The van der Waals surface area contributed by atoms with Crippen LogP contribution in [0.4, 0.5) is 4.39 Å². The van der Waals surface area contributed by atoms with E-state index in [1.54, 1.807) is 24.4 Å². The number of nitrogens with one attached hydrogen (secondary N) is 1. The third-order valence-corrected chi connectivity index (χ3v) is 7.06. The Kier molecular flexibility index (Phi) is 5.84. The maximum absolute atomic E-state index is 15.9. The minimum atomic E-state index is -1.32. The molecule has 2 aliphatic rings. The highest BCUT2D eigenvalue weighted by molar-refractivity contribution is 6.01. The summed E-state index contributed by atoms with van der Waals surface area (Å²) in [5.41, 5.74) is -0.536. The number of nitrogens with zero attached hydrogens (tertiary/aromatic N) is 2. The molecule has 0 radical (unpaired) electrons. The summed E-state index contributed by atoms with van der Waals surface area (Å²) >= 11 is 0. The summed E-state index contributed by atoms with van der Waals surface area (Å²) in [7, 11) is 0. The molecule has 4 rings (SSSR count). The standard InChI is InChI=1S/C25H32FN3O3/c1-15(2)13-29-10-9-25(32,24(3,4)14-29)19-6-7-20-18(22(19)26)11-16(12-27-20)17-5-8-21(30)28-23(17)31/h6-7,11-12,15,17,32H,5,8-10,13-14H2,1-4H3,(H,28,30,31)/t17?,25-/m0/s1. The lowest BCUT2D eigenvalue weighted by Gasteiger charge is -2.51. The number of fused-ring (bicyclic) bond motifs is 1. The predicted molar refractivity (Wildman–Crippen MR) is 120 cm³/mol. The van der Waals surface area contributed by atoms with Crippen molar-refractivity contribution in [1.29, 1.82) is 0 Å². The van der Waals surface area contributed by atoms with E-state index in [0.29, 0.717) is 48.3 Å². The van der Waals surface area contributed by atoms with E-state index < -0.39 is 22.8 Å². The van der Waals surface area contributed by atoms with E-state index in [-0.39, 0.29) is 23.8 Å². The van der Waals surface area contributed by atoms with Gasteiger partial charge >= 0.3 is 0 Å². The molecule has 2 aliphatic heterocycles. The summed E-state index contributed by atoms with van der Waals surface area (Å²) in [6.07, 6.45) is 2.64. The molecule has 2 N–H and O–H groups in total. The van der Waals surface area contributed by atoms with Gasteiger partial charge in [0.15, 0.2) is 0 Å². The van der Waals surface area contributed by atoms with Crippen molar-refractivity contribution < 1.29 is 19.1 Å². The van der Waals surface area contributed by atoms with Crippen molar-refractivity contribution in [2.24, 2.45) is 11.3 Å². The van der Waals surface area contributed by atoms with E-state index in [9.17, 15) is 14.7 Å². The van der Waals surface area contributed by atoms with Gasteiger partial charge in [-0.25, -0.2) is 4.39 Å². The van der Waals surface area contributed by atoms with E-state index in [2.05, 4.69) is 29.0 Å². The maximum Gasteiger partial charge on any atom is 0.234 e. The van der Waals surface area contributed by atoms with Gasteiger partial charge in [0.2, 0.25) is 11.8 Å². The zero-order valence-corrected chi connectivity index (χ0v) is 19.2. The number of hydrogen-bond acceptors (Lipinski definition) is 5. The third-order valence-electron chi connectivity index (χ3n) is 7.06. The van der Waals surface area contributed by atoms with Gasteiger partial charge in [0.25, 0.3) is 0 Å². The van der Waals surface area contributed by atoms with Crippen LogP contribution >= 0.6 is 0 Å². The van der Waals surface area contributed by atoms with Gasteiger partial charge in [0.1, 0.15) is 5.82 Å². The number of piperidine rings is 2. The summed E-state index contributed by atoms with van der Waals surface area (Å²) in [6.45, 7) is 10.6. The first-order chi connectivity index (χ1) is 15.0. The Balaban J connectivity index is 1.71. The molecule has 2 saturated heterocycles. The predicted octanol–water partition coefficient (Wildman–Crippen LogP) is 3.47. The van der Waals surface area contributed by atoms with Crippen molar-refractivity contribution in [1.82, 2.24) is 15.2 Å². The normalized spacial score (nSPS) is 26.5. The average molecular weight is 442 g/mol. The van der Waals surface area contributed by atoms with Gasteiger partial charge in [-0.3, -0.25) is 19.9 Å². The summed E-state index contributed by atoms with van der Waals surface area (Å²) in [6, 6.07) is 5.03. The van der Waals surface area contributed by atoms with Crippen LogP contribution in [-0.4, -0.2) is 46.4 Å². The van der Waals surface area contributed by atoms with Crippen LogP contribution in [0.2, 0.25) is 0 Å². The number of imide groups is 1. The minimum absolute atomic E-state index is 0.248. The molecule has 2 amide bonds. The Hall–Kier alpha value is -2.38. The molecule has 172 valence electrons. The van der Waals surface area contributed by atoms with E-state index in [0.717, 1.165) is 6.54 Å². The van der Waals surface area contributed by atoms with Crippen molar-refractivity contribution in [2.45, 2.75) is 58.5 Å². The van der Waals surface area contributed by atoms with Gasteiger partial charge in [-0.1, -0.05) is 33.8 Å². The highest BCUT2D eigenvalue weighted by Gasteiger charge is 2.50. The van der Waals surface area contributed by atoms with Crippen LogP contribution in [0.15, 0.2) is 24.4 Å². The fourth-order valence-corrected chi connectivity index (χ4v) is 5.30. The summed E-state index contributed by atoms with van der Waals surface area (Å²) in [4.78, 5) is 30.5. The Morgan fingerprint density at radius 1 is 1.31 bits per heavy atom. The molecule has 0 bridgehead atoms. The molecule has 1 unspecified atom stereocenters. The van der Waals surface area contributed by atoms with Crippen molar-refractivity contribution in [2.75, 3.05) is 19.6 Å². The zero-order chi connectivity index (χ0) is 23.3. The smallest absolute Gasteiger partial charge is 0.234 e. The summed E-state index contributed by atoms with van der Waals surface area (Å²) < 4.78 is 15.9. The second-order valence-corrected chi connectivity index (χ2v) is 10.4. The lowest BCUT2D eigenvalue weighted by molar-refractivity contribution is -0.134. The van der Waals surface area contributed by atoms with Gasteiger partial charge < -0.3 is 10.0 Å². The molecule has 2 atom stereocenters. The van der Waals surface area contributed by atoms with E-state index in [1.807, 2.05) is 13.8 Å². The number of carbonyl (C=O) groups excluding carboxylic acids is 2. The van der Waals surface area contributed by atoms with E-state index >= 15 is 4.39 Å². The number of rotatable bonds is 4. The molecule has 32 heavy (non-hydrogen) atoms. The van der Waals surface area contributed by atoms with Crippen LogP contribution < -0.4 is 5.32 Å². The third kappa shape index (κ3) is 3.92. The second kappa shape index (κ2) is 8.19. The summed E-state index contributed by atoms with van der Waals surface area (Å²) in [5.74, 6) is -1.17. The van der Waals surface area contributed by atoms with Crippen molar-refractivity contribution >= 4 is 22.7 Å². The molecule has 7 heteroatoms. The van der Waals surface area contributed by atoms with Crippen LogP contribution in [0.1, 0.15) is 64.0 Å². The summed E-state index contributed by atoms with van der Waals surface area (Å²) in [5, 5.41) is 14.4. The number of amides is 2. The van der Waals surface area contributed by atoms with Gasteiger partial charge in [0.05, 0.1) is 17.0 Å². The molecule has 2 fully saturated rings. The molecule has 0 aliphatic carbocycles. The van der Waals surface area contributed by atoms with Crippen LogP contribution in [0, 0.1) is 17.2 Å². The lowest BCUT2D eigenvalue weighted by atomic mass is 9.66. The van der Waals surface area contributed by atoms with Crippen LogP contribution in [0.3, 0.4) is 0 Å². The molecule has 0 saturated carbocycles. The molecule has 3 heterocycles. The molecule has 6 nitrogen and oxygen atoms in total. The largest absolute Gasteiger partial charge is 0.384 e. The van der Waals surface area contributed by atoms with Gasteiger partial charge in [-0.2, -0.15) is 0 Å². The van der Waals surface area contributed by atoms with Crippen LogP contribution in [-0.2, 0) is 15.2 Å². The highest BCUT2D eigenvalue weighted by atomic mass is 19.1.